The number of tetrazole rings is 1. The molecule has 0 aliphatic heterocycles. The van der Waals surface area contributed by atoms with Crippen LogP contribution in [0.5, 0.6) is 5.75 Å². The topological polar surface area (TPSA) is 69.9 Å². The quantitative estimate of drug-likeness (QED) is 0.664. The molecule has 6 nitrogen and oxygen atoms in total. The van der Waals surface area contributed by atoms with E-state index >= 15 is 0 Å². The number of nitrogens with zero attached hydrogens (tertiary/aromatic N) is 4. The average molecular weight is 347 g/mol. The molecule has 0 unspecified atom stereocenters. The number of carbonyl (C=O) groups is 1. The Morgan fingerprint density at radius 3 is 2.83 bits per heavy atom. The Bertz CT molecular complexity index is 897. The van der Waals surface area contributed by atoms with Crippen LogP contribution in [-0.2, 0) is 6.54 Å². The minimum Gasteiger partial charge on any atom is -0.495 e. The van der Waals surface area contributed by atoms with Gasteiger partial charge in [-0.2, -0.15) is 4.80 Å². The second-order valence-corrected chi connectivity index (χ2v) is 5.33. The molecule has 0 atom stereocenters. The Labute approximate surface area is 141 Å². The zero-order valence-electron chi connectivity index (χ0n) is 12.6. The summed E-state index contributed by atoms with van der Waals surface area (Å²) in [5, 5.41) is 12.1. The van der Waals surface area contributed by atoms with Crippen molar-refractivity contribution in [2.24, 2.45) is 0 Å². The first-order valence-corrected chi connectivity index (χ1v) is 7.35. The van der Waals surface area contributed by atoms with E-state index in [9.17, 15) is 9.18 Å². The highest BCUT2D eigenvalue weighted by Crippen LogP contribution is 2.25. The summed E-state index contributed by atoms with van der Waals surface area (Å²) in [5.74, 6) is 0.103. The van der Waals surface area contributed by atoms with Crippen molar-refractivity contribution in [2.75, 3.05) is 7.11 Å². The molecule has 3 aromatic rings. The summed E-state index contributed by atoms with van der Waals surface area (Å²) in [6, 6.07) is 10.6. The molecule has 0 saturated heterocycles. The highest BCUT2D eigenvalue weighted by atomic mass is 35.5. The lowest BCUT2D eigenvalue weighted by atomic mass is 10.1. The molecule has 2 aromatic carbocycles. The van der Waals surface area contributed by atoms with E-state index in [4.69, 9.17) is 16.3 Å². The summed E-state index contributed by atoms with van der Waals surface area (Å²) in [6.07, 6.45) is 0. The minimum atomic E-state index is -0.396. The van der Waals surface area contributed by atoms with Crippen molar-refractivity contribution in [3.8, 4) is 17.1 Å². The fourth-order valence-corrected chi connectivity index (χ4v) is 2.37. The van der Waals surface area contributed by atoms with Gasteiger partial charge in [0.2, 0.25) is 5.82 Å². The van der Waals surface area contributed by atoms with E-state index in [2.05, 4.69) is 15.4 Å². The minimum absolute atomic E-state index is 0.106. The lowest BCUT2D eigenvalue weighted by Gasteiger charge is -2.05. The van der Waals surface area contributed by atoms with Crippen LogP contribution in [0.4, 0.5) is 4.39 Å². The zero-order chi connectivity index (χ0) is 17.1. The highest BCUT2D eigenvalue weighted by Gasteiger charge is 2.13. The molecule has 0 bridgehead atoms. The van der Waals surface area contributed by atoms with Crippen LogP contribution in [0.3, 0.4) is 0 Å². The number of ketones is 1. The normalized spacial score (nSPS) is 10.6. The predicted molar refractivity (Wildman–Crippen MR) is 85.5 cm³/mol. The van der Waals surface area contributed by atoms with Crippen molar-refractivity contribution in [1.82, 2.24) is 20.2 Å². The van der Waals surface area contributed by atoms with Crippen LogP contribution in [-0.4, -0.2) is 33.1 Å². The molecule has 8 heteroatoms. The van der Waals surface area contributed by atoms with Gasteiger partial charge in [0, 0.05) is 11.1 Å². The number of Topliss-reactive ketones (excluding diaryl/α,β-unsaturated/α-hetero) is 1. The van der Waals surface area contributed by atoms with Crippen LogP contribution in [0.25, 0.3) is 11.4 Å². The molecular formula is C16H12ClFN4O2. The first-order valence-electron chi connectivity index (χ1n) is 6.97. The van der Waals surface area contributed by atoms with E-state index in [1.54, 1.807) is 24.3 Å². The molecular weight excluding hydrogens is 335 g/mol. The predicted octanol–water partition coefficient (Wildman–Crippen LogP) is 3.02. The fraction of sp³-hybridized carbons (Fsp3) is 0.125. The number of halogens is 2. The summed E-state index contributed by atoms with van der Waals surface area (Å²) in [6.45, 7) is -0.106. The van der Waals surface area contributed by atoms with Crippen molar-refractivity contribution in [2.45, 2.75) is 6.54 Å². The summed E-state index contributed by atoms with van der Waals surface area (Å²) >= 11 is 6.01. The van der Waals surface area contributed by atoms with Crippen LogP contribution >= 0.6 is 11.6 Å². The third kappa shape index (κ3) is 3.41. The Hall–Kier alpha value is -2.80. The van der Waals surface area contributed by atoms with E-state index in [1.807, 2.05) is 0 Å². The van der Waals surface area contributed by atoms with Gasteiger partial charge in [-0.15, -0.1) is 10.2 Å². The maximum atomic E-state index is 13.2. The van der Waals surface area contributed by atoms with Gasteiger partial charge in [0.15, 0.2) is 5.78 Å². The second-order valence-electron chi connectivity index (χ2n) is 4.93. The first kappa shape index (κ1) is 16.1. The molecule has 0 N–H and O–H groups in total. The van der Waals surface area contributed by atoms with Gasteiger partial charge < -0.3 is 4.74 Å². The average Bonchev–Trinajstić information content (AvgIpc) is 3.03. The molecule has 0 saturated carbocycles. The maximum Gasteiger partial charge on any atom is 0.205 e. The van der Waals surface area contributed by atoms with Crippen LogP contribution in [0.2, 0.25) is 5.02 Å². The Kier molecular flexibility index (Phi) is 4.52. The SMILES string of the molecule is COc1ccc(C(=O)Cn2nnc(-c3cccc(F)c3)n2)cc1Cl. The monoisotopic (exact) mass is 346 g/mol. The highest BCUT2D eigenvalue weighted by molar-refractivity contribution is 6.32. The molecule has 0 fully saturated rings. The molecule has 0 amide bonds. The summed E-state index contributed by atoms with van der Waals surface area (Å²) in [4.78, 5) is 13.4. The number of benzene rings is 2. The van der Waals surface area contributed by atoms with Gasteiger partial charge >= 0.3 is 0 Å². The summed E-state index contributed by atoms with van der Waals surface area (Å²) in [7, 11) is 1.50. The first-order chi connectivity index (χ1) is 11.6. The molecule has 0 aliphatic carbocycles. The molecule has 0 aliphatic rings. The number of hydrogen-bond acceptors (Lipinski definition) is 5. The van der Waals surface area contributed by atoms with Crippen molar-refractivity contribution in [3.05, 3.63) is 58.9 Å². The van der Waals surface area contributed by atoms with Crippen molar-refractivity contribution >= 4 is 17.4 Å². The largest absolute Gasteiger partial charge is 0.495 e. The van der Waals surface area contributed by atoms with Crippen LogP contribution < -0.4 is 4.74 Å². The Morgan fingerprint density at radius 1 is 1.29 bits per heavy atom. The van der Waals surface area contributed by atoms with Crippen molar-refractivity contribution in [1.29, 1.82) is 0 Å². The number of rotatable bonds is 5. The second kappa shape index (κ2) is 6.76. The van der Waals surface area contributed by atoms with Gasteiger partial charge in [0.05, 0.1) is 12.1 Å². The van der Waals surface area contributed by atoms with Gasteiger partial charge in [0.25, 0.3) is 0 Å². The van der Waals surface area contributed by atoms with Gasteiger partial charge in [-0.05, 0) is 35.5 Å². The van der Waals surface area contributed by atoms with E-state index in [0.29, 0.717) is 21.9 Å². The molecule has 0 spiro atoms. The van der Waals surface area contributed by atoms with E-state index < -0.39 is 5.82 Å². The molecule has 0 radical (unpaired) electrons. The van der Waals surface area contributed by atoms with Gasteiger partial charge in [0.1, 0.15) is 18.1 Å². The van der Waals surface area contributed by atoms with Crippen molar-refractivity contribution < 1.29 is 13.9 Å². The van der Waals surface area contributed by atoms with E-state index in [1.165, 1.54) is 25.3 Å². The lowest BCUT2D eigenvalue weighted by Crippen LogP contribution is -2.13. The molecule has 1 aromatic heterocycles. The van der Waals surface area contributed by atoms with Gasteiger partial charge in [-0.1, -0.05) is 23.7 Å². The van der Waals surface area contributed by atoms with Crippen LogP contribution in [0.15, 0.2) is 42.5 Å². The number of methoxy groups -OCH3 is 1. The number of ether oxygens (including phenoxy) is 1. The van der Waals surface area contributed by atoms with Crippen LogP contribution in [0.1, 0.15) is 10.4 Å². The zero-order valence-corrected chi connectivity index (χ0v) is 13.4. The molecule has 1 heterocycles. The summed E-state index contributed by atoms with van der Waals surface area (Å²) in [5.41, 5.74) is 0.895. The fourth-order valence-electron chi connectivity index (χ4n) is 2.11. The number of carbonyl (C=O) groups excluding carboxylic acids is 1. The third-order valence-corrected chi connectivity index (χ3v) is 3.59. The number of hydrogen-bond donors (Lipinski definition) is 0. The Balaban J connectivity index is 1.77. The van der Waals surface area contributed by atoms with Crippen LogP contribution in [0, 0.1) is 5.82 Å². The lowest BCUT2D eigenvalue weighted by molar-refractivity contribution is 0.0961. The smallest absolute Gasteiger partial charge is 0.205 e. The van der Waals surface area contributed by atoms with Crippen molar-refractivity contribution in [3.63, 3.8) is 0 Å². The van der Waals surface area contributed by atoms with Gasteiger partial charge in [-0.25, -0.2) is 4.39 Å². The molecule has 3 rings (SSSR count). The molecule has 24 heavy (non-hydrogen) atoms. The summed E-state index contributed by atoms with van der Waals surface area (Å²) < 4.78 is 18.3. The number of aromatic nitrogens is 4. The maximum absolute atomic E-state index is 13.2. The Morgan fingerprint density at radius 2 is 2.12 bits per heavy atom. The third-order valence-electron chi connectivity index (χ3n) is 3.29. The van der Waals surface area contributed by atoms with E-state index in [-0.39, 0.29) is 18.2 Å². The standard InChI is InChI=1S/C16H12ClFN4O2/c1-24-15-6-5-10(8-13(15)17)14(23)9-22-20-16(19-21-22)11-3-2-4-12(18)7-11/h2-8H,9H2,1H3. The van der Waals surface area contributed by atoms with Gasteiger partial charge in [-0.3, -0.25) is 4.79 Å². The van der Waals surface area contributed by atoms with E-state index in [0.717, 1.165) is 4.80 Å². The molecule has 122 valence electrons.